The molecule has 2 aromatic rings. The van der Waals surface area contributed by atoms with Gasteiger partial charge in [0.25, 0.3) is 0 Å². The SMILES string of the molecule is CN1CC[C@]23c4c5ccc(O)c4O[C@H]2C(OC(=O)N[C@@]2(c4ccccc4Cl)CCCCC2=O)C=C[C@H]3[C@H]1C5. The molecule has 8 heteroatoms. The Balaban J connectivity index is 1.23. The van der Waals surface area contributed by atoms with Gasteiger partial charge in [0.2, 0.25) is 0 Å². The number of ketones is 1. The first-order valence-electron chi connectivity index (χ1n) is 13.5. The van der Waals surface area contributed by atoms with Gasteiger partial charge in [-0.05, 0) is 69.5 Å². The van der Waals surface area contributed by atoms with Crippen molar-refractivity contribution in [3.63, 3.8) is 0 Å². The molecule has 2 N–H and O–H groups in total. The van der Waals surface area contributed by atoms with Crippen LogP contribution in [0.5, 0.6) is 11.5 Å². The van der Waals surface area contributed by atoms with Crippen LogP contribution < -0.4 is 10.1 Å². The van der Waals surface area contributed by atoms with Crippen LogP contribution in [0.25, 0.3) is 0 Å². The molecule has 2 bridgehead atoms. The smallest absolute Gasteiger partial charge is 0.408 e. The Morgan fingerprint density at radius 1 is 1.18 bits per heavy atom. The van der Waals surface area contributed by atoms with Crippen LogP contribution in [0.1, 0.15) is 48.8 Å². The second kappa shape index (κ2) is 8.48. The Bertz CT molecular complexity index is 1380. The van der Waals surface area contributed by atoms with Crippen LogP contribution in [0.15, 0.2) is 48.6 Å². The van der Waals surface area contributed by atoms with Gasteiger partial charge in [0.1, 0.15) is 11.6 Å². The minimum absolute atomic E-state index is 0.0591. The van der Waals surface area contributed by atoms with Crippen LogP contribution in [-0.2, 0) is 26.9 Å². The van der Waals surface area contributed by atoms with Crippen molar-refractivity contribution < 1.29 is 24.2 Å². The number of phenols is 1. The van der Waals surface area contributed by atoms with E-state index in [2.05, 4.69) is 23.3 Å². The van der Waals surface area contributed by atoms with Gasteiger partial charge in [-0.3, -0.25) is 4.79 Å². The molecule has 1 saturated carbocycles. The Morgan fingerprint density at radius 2 is 2.03 bits per heavy atom. The zero-order valence-corrected chi connectivity index (χ0v) is 22.0. The number of phenolic OH excluding ortho intramolecular Hbond substituents is 1. The minimum atomic E-state index is -1.22. The van der Waals surface area contributed by atoms with E-state index in [-0.39, 0.29) is 22.9 Å². The van der Waals surface area contributed by atoms with Crippen molar-refractivity contribution in [3.05, 3.63) is 70.3 Å². The number of aromatic hydroxyl groups is 1. The number of Topliss-reactive ketones (excluding diaryl/α,β-unsaturated/α-hetero) is 1. The van der Waals surface area contributed by atoms with Gasteiger partial charge in [-0.15, -0.1) is 0 Å². The van der Waals surface area contributed by atoms with Crippen LogP contribution in [0, 0.1) is 5.92 Å². The fourth-order valence-electron chi connectivity index (χ4n) is 7.97. The predicted molar refractivity (Wildman–Crippen MR) is 142 cm³/mol. The van der Waals surface area contributed by atoms with Crippen LogP contribution in [0.2, 0.25) is 5.02 Å². The van der Waals surface area contributed by atoms with E-state index >= 15 is 0 Å². The third-order valence-corrected chi connectivity index (χ3v) is 10.0. The zero-order chi connectivity index (χ0) is 26.2. The van der Waals surface area contributed by atoms with Gasteiger partial charge in [-0.2, -0.15) is 0 Å². The van der Waals surface area contributed by atoms with Crippen LogP contribution in [0.3, 0.4) is 0 Å². The fraction of sp³-hybridized carbons (Fsp3) is 0.467. The molecule has 2 fully saturated rings. The number of carbonyl (C=O) groups excluding carboxylic acids is 2. The zero-order valence-electron chi connectivity index (χ0n) is 21.3. The number of ether oxygens (including phenoxy) is 2. The summed E-state index contributed by atoms with van der Waals surface area (Å²) in [5, 5.41) is 14.1. The molecule has 3 aliphatic carbocycles. The molecule has 198 valence electrons. The lowest BCUT2D eigenvalue weighted by Crippen LogP contribution is -2.65. The minimum Gasteiger partial charge on any atom is -0.504 e. The molecule has 1 amide bonds. The first-order valence-corrected chi connectivity index (χ1v) is 13.9. The Morgan fingerprint density at radius 3 is 2.84 bits per heavy atom. The molecule has 6 atom stereocenters. The third-order valence-electron chi connectivity index (χ3n) is 9.70. The molecule has 1 saturated heterocycles. The standard InChI is InChI=1S/C30H31ClN2O5/c1-33-15-14-29-19-10-12-23(27(29)38-26-22(34)11-9-17(25(26)29)16-21(19)33)37-28(36)32-30(13-5-4-8-24(30)35)18-6-2-3-7-20(18)31/h2-3,6-7,9-12,19,21,23,27,34H,4-5,8,13-16H2,1H3,(H,32,36)/t19-,21+,23?,27-,29-,30+/m0/s1. The van der Waals surface area contributed by atoms with Gasteiger partial charge in [-0.25, -0.2) is 4.79 Å². The van der Waals surface area contributed by atoms with Gasteiger partial charge in [0, 0.05) is 39.9 Å². The lowest BCUT2D eigenvalue weighted by molar-refractivity contribution is -0.128. The van der Waals surface area contributed by atoms with Gasteiger partial charge < -0.3 is 24.8 Å². The number of carbonyl (C=O) groups is 2. The lowest BCUT2D eigenvalue weighted by Gasteiger charge is -2.56. The van der Waals surface area contributed by atoms with E-state index in [1.165, 1.54) is 5.56 Å². The summed E-state index contributed by atoms with van der Waals surface area (Å²) in [6, 6.07) is 11.2. The highest BCUT2D eigenvalue weighted by molar-refractivity contribution is 6.31. The number of hydrogen-bond donors (Lipinski definition) is 2. The fourth-order valence-corrected chi connectivity index (χ4v) is 8.27. The van der Waals surface area contributed by atoms with Crippen molar-refractivity contribution in [3.8, 4) is 11.5 Å². The Labute approximate surface area is 226 Å². The molecule has 5 aliphatic rings. The van der Waals surface area contributed by atoms with Crippen molar-refractivity contribution in [1.29, 1.82) is 0 Å². The topological polar surface area (TPSA) is 88.1 Å². The number of likely N-dealkylation sites (tertiary alicyclic amines) is 1. The quantitative estimate of drug-likeness (QED) is 0.559. The average molecular weight is 535 g/mol. The van der Waals surface area contributed by atoms with Gasteiger partial charge in [0.15, 0.2) is 23.4 Å². The summed E-state index contributed by atoms with van der Waals surface area (Å²) >= 11 is 6.53. The van der Waals surface area contributed by atoms with E-state index in [0.717, 1.165) is 37.8 Å². The first-order chi connectivity index (χ1) is 18.3. The van der Waals surface area contributed by atoms with Crippen LogP contribution in [0.4, 0.5) is 4.79 Å². The number of halogens is 1. The summed E-state index contributed by atoms with van der Waals surface area (Å²) in [7, 11) is 2.16. The molecule has 0 radical (unpaired) electrons. The van der Waals surface area contributed by atoms with E-state index in [1.54, 1.807) is 18.2 Å². The molecular weight excluding hydrogens is 504 g/mol. The highest BCUT2D eigenvalue weighted by atomic mass is 35.5. The Kier molecular flexibility index (Phi) is 5.37. The first kappa shape index (κ1) is 24.0. The normalized spacial score (nSPS) is 34.8. The summed E-state index contributed by atoms with van der Waals surface area (Å²) in [6.45, 7) is 0.895. The number of piperidine rings is 1. The van der Waals surface area contributed by atoms with Crippen molar-refractivity contribution in [1.82, 2.24) is 10.2 Å². The van der Waals surface area contributed by atoms with Crippen molar-refractivity contribution in [2.75, 3.05) is 13.6 Å². The van der Waals surface area contributed by atoms with Crippen molar-refractivity contribution in [2.45, 2.75) is 67.7 Å². The number of amides is 1. The highest BCUT2D eigenvalue weighted by Gasteiger charge is 2.65. The van der Waals surface area contributed by atoms with Crippen molar-refractivity contribution >= 4 is 23.5 Å². The number of nitrogens with one attached hydrogen (secondary N) is 1. The number of alkyl carbamates (subject to hydrolysis) is 1. The molecular formula is C30H31ClN2O5. The molecule has 2 aromatic carbocycles. The van der Waals surface area contributed by atoms with E-state index < -0.39 is 23.8 Å². The molecule has 1 unspecified atom stereocenters. The predicted octanol–water partition coefficient (Wildman–Crippen LogP) is 4.62. The third kappa shape index (κ3) is 3.18. The second-order valence-electron chi connectivity index (χ2n) is 11.4. The molecule has 7 nitrogen and oxygen atoms in total. The maximum absolute atomic E-state index is 13.6. The van der Waals surface area contributed by atoms with Crippen LogP contribution in [-0.4, -0.2) is 53.7 Å². The molecule has 2 heterocycles. The summed E-state index contributed by atoms with van der Waals surface area (Å²) in [5.41, 5.74) is 1.27. The number of benzene rings is 2. The summed E-state index contributed by atoms with van der Waals surface area (Å²) < 4.78 is 12.6. The average Bonchev–Trinajstić information content (AvgIpc) is 3.26. The monoisotopic (exact) mass is 534 g/mol. The van der Waals surface area contributed by atoms with E-state index in [1.807, 2.05) is 24.3 Å². The maximum Gasteiger partial charge on any atom is 0.408 e. The summed E-state index contributed by atoms with van der Waals surface area (Å²) in [6.07, 6.45) is 6.45. The molecule has 0 aromatic heterocycles. The number of rotatable bonds is 3. The molecule has 2 aliphatic heterocycles. The highest BCUT2D eigenvalue weighted by Crippen LogP contribution is 2.62. The number of likely N-dealkylation sites (N-methyl/N-ethyl adjacent to an activating group) is 1. The lowest BCUT2D eigenvalue weighted by atomic mass is 9.53. The maximum atomic E-state index is 13.6. The van der Waals surface area contributed by atoms with E-state index in [4.69, 9.17) is 21.1 Å². The second-order valence-corrected chi connectivity index (χ2v) is 11.9. The summed E-state index contributed by atoms with van der Waals surface area (Å²) in [5.74, 6) is 0.779. The molecule has 1 spiro atoms. The van der Waals surface area contributed by atoms with E-state index in [0.29, 0.717) is 35.2 Å². The van der Waals surface area contributed by atoms with Crippen LogP contribution >= 0.6 is 11.6 Å². The van der Waals surface area contributed by atoms with E-state index in [9.17, 15) is 14.7 Å². The van der Waals surface area contributed by atoms with Gasteiger partial charge >= 0.3 is 6.09 Å². The van der Waals surface area contributed by atoms with Crippen molar-refractivity contribution in [2.24, 2.45) is 5.92 Å². The largest absolute Gasteiger partial charge is 0.504 e. The summed E-state index contributed by atoms with van der Waals surface area (Å²) in [4.78, 5) is 29.3. The van der Waals surface area contributed by atoms with Gasteiger partial charge in [-0.1, -0.05) is 41.9 Å². The van der Waals surface area contributed by atoms with Gasteiger partial charge in [0.05, 0.1) is 0 Å². The number of hydrogen-bond acceptors (Lipinski definition) is 6. The molecule has 7 rings (SSSR count). The Hall–Kier alpha value is -3.03. The molecule has 38 heavy (non-hydrogen) atoms. The number of nitrogens with zero attached hydrogens (tertiary/aromatic N) is 1.